The number of carbonyl (C=O) groups is 2. The molecule has 3 aliphatic rings. The Bertz CT molecular complexity index is 357. The number of carbonyl (C=O) groups excluding carboxylic acids is 2. The van der Waals surface area contributed by atoms with Crippen LogP contribution in [0.4, 0.5) is 0 Å². The summed E-state index contributed by atoms with van der Waals surface area (Å²) in [5.74, 6) is -0.0362. The molecule has 1 amide bonds. The van der Waals surface area contributed by atoms with Crippen LogP contribution in [-0.4, -0.2) is 51.5 Å². The molecule has 3 heterocycles. The number of Topliss-reactive ketones (excluding diaryl/α,β-unsaturated/α-hetero) is 1. The van der Waals surface area contributed by atoms with Gasteiger partial charge >= 0.3 is 0 Å². The van der Waals surface area contributed by atoms with E-state index in [-0.39, 0.29) is 24.9 Å². The molecule has 6 nitrogen and oxygen atoms in total. The van der Waals surface area contributed by atoms with E-state index in [0.29, 0.717) is 33.0 Å². The normalized spacial score (nSPS) is 36.5. The van der Waals surface area contributed by atoms with Crippen molar-refractivity contribution in [3.63, 3.8) is 0 Å². The molecular weight excluding hydrogens is 226 g/mol. The molecule has 0 aromatic rings. The van der Waals surface area contributed by atoms with E-state index in [2.05, 4.69) is 5.32 Å². The molecule has 0 saturated carbocycles. The highest BCUT2D eigenvalue weighted by Crippen LogP contribution is 2.41. The minimum atomic E-state index is -0.719. The van der Waals surface area contributed by atoms with Crippen molar-refractivity contribution in [2.45, 2.75) is 6.42 Å². The lowest BCUT2D eigenvalue weighted by atomic mass is 9.68. The van der Waals surface area contributed by atoms with E-state index in [9.17, 15) is 9.59 Å². The van der Waals surface area contributed by atoms with Gasteiger partial charge in [0.05, 0.1) is 37.3 Å². The van der Waals surface area contributed by atoms with Crippen molar-refractivity contribution < 1.29 is 23.8 Å². The first-order chi connectivity index (χ1) is 8.17. The molecule has 94 valence electrons. The molecule has 3 fully saturated rings. The first-order valence-corrected chi connectivity index (χ1v) is 5.72. The third-order valence-electron chi connectivity index (χ3n) is 3.77. The van der Waals surface area contributed by atoms with Crippen molar-refractivity contribution in [1.29, 1.82) is 0 Å². The molecule has 1 atom stereocenters. The van der Waals surface area contributed by atoms with Gasteiger partial charge in [-0.2, -0.15) is 0 Å². The number of rotatable bonds is 0. The second-order valence-electron chi connectivity index (χ2n) is 5.15. The maximum atomic E-state index is 12.6. The lowest BCUT2D eigenvalue weighted by molar-refractivity contribution is -0.209. The summed E-state index contributed by atoms with van der Waals surface area (Å²) in [7, 11) is 0. The lowest BCUT2D eigenvalue weighted by Gasteiger charge is -2.44. The van der Waals surface area contributed by atoms with Crippen LogP contribution in [0.2, 0.25) is 0 Å². The van der Waals surface area contributed by atoms with Crippen LogP contribution in [0.1, 0.15) is 6.42 Å². The van der Waals surface area contributed by atoms with Crippen molar-refractivity contribution >= 4 is 11.7 Å². The highest BCUT2D eigenvalue weighted by Gasteiger charge is 2.58. The Balaban J connectivity index is 1.88. The predicted molar refractivity (Wildman–Crippen MR) is 55.1 cm³/mol. The molecule has 2 spiro atoms. The van der Waals surface area contributed by atoms with Gasteiger partial charge in [0, 0.05) is 13.0 Å². The molecule has 6 heteroatoms. The molecular formula is C11H15NO5. The Hall–Kier alpha value is -0.980. The van der Waals surface area contributed by atoms with Gasteiger partial charge in [-0.1, -0.05) is 0 Å². The van der Waals surface area contributed by atoms with Gasteiger partial charge in [-0.3, -0.25) is 9.59 Å². The van der Waals surface area contributed by atoms with Crippen LogP contribution in [0.5, 0.6) is 0 Å². The van der Waals surface area contributed by atoms with E-state index in [1.54, 1.807) is 0 Å². The van der Waals surface area contributed by atoms with Gasteiger partial charge < -0.3 is 19.5 Å². The van der Waals surface area contributed by atoms with Gasteiger partial charge in [0.15, 0.2) is 5.78 Å². The Morgan fingerprint density at radius 2 is 1.59 bits per heavy atom. The third-order valence-corrected chi connectivity index (χ3v) is 3.77. The zero-order valence-electron chi connectivity index (χ0n) is 9.49. The number of ketones is 1. The number of hydrogen-bond acceptors (Lipinski definition) is 5. The van der Waals surface area contributed by atoms with Crippen molar-refractivity contribution in [3.8, 4) is 0 Å². The Labute approximate surface area is 98.6 Å². The fourth-order valence-electron chi connectivity index (χ4n) is 2.89. The summed E-state index contributed by atoms with van der Waals surface area (Å²) in [6.07, 6.45) is 0.216. The average Bonchev–Trinajstić information content (AvgIpc) is 2.71. The van der Waals surface area contributed by atoms with Crippen LogP contribution in [0.3, 0.4) is 0 Å². The van der Waals surface area contributed by atoms with Gasteiger partial charge in [-0.15, -0.1) is 0 Å². The summed E-state index contributed by atoms with van der Waals surface area (Å²) in [6, 6.07) is 0. The summed E-state index contributed by atoms with van der Waals surface area (Å²) >= 11 is 0. The maximum absolute atomic E-state index is 12.6. The van der Waals surface area contributed by atoms with Crippen molar-refractivity contribution in [3.05, 3.63) is 0 Å². The Kier molecular flexibility index (Phi) is 2.46. The van der Waals surface area contributed by atoms with Crippen molar-refractivity contribution in [2.24, 2.45) is 10.8 Å². The highest BCUT2D eigenvalue weighted by molar-refractivity contribution is 5.97. The number of amides is 1. The van der Waals surface area contributed by atoms with Crippen LogP contribution < -0.4 is 5.32 Å². The van der Waals surface area contributed by atoms with Gasteiger partial charge in [0.1, 0.15) is 6.79 Å². The lowest BCUT2D eigenvalue weighted by Crippen LogP contribution is -2.59. The average molecular weight is 241 g/mol. The Morgan fingerprint density at radius 1 is 0.941 bits per heavy atom. The molecule has 0 bridgehead atoms. The largest absolute Gasteiger partial charge is 0.379 e. The summed E-state index contributed by atoms with van der Waals surface area (Å²) in [6.45, 7) is 1.86. The smallest absolute Gasteiger partial charge is 0.221 e. The highest BCUT2D eigenvalue weighted by atomic mass is 16.7. The van der Waals surface area contributed by atoms with Crippen LogP contribution in [0.15, 0.2) is 0 Å². The summed E-state index contributed by atoms with van der Waals surface area (Å²) < 4.78 is 16.0. The fourth-order valence-corrected chi connectivity index (χ4v) is 2.89. The molecule has 3 saturated heterocycles. The first kappa shape index (κ1) is 11.1. The second kappa shape index (κ2) is 3.76. The molecule has 17 heavy (non-hydrogen) atoms. The number of nitrogens with one attached hydrogen (secondary N) is 1. The predicted octanol–water partition coefficient (Wildman–Crippen LogP) is -0.917. The molecule has 0 aromatic heterocycles. The molecule has 1 N–H and O–H groups in total. The van der Waals surface area contributed by atoms with Crippen LogP contribution in [-0.2, 0) is 23.8 Å². The molecule has 1 unspecified atom stereocenters. The minimum absolute atomic E-state index is 0.0503. The zero-order chi connectivity index (χ0) is 11.9. The summed E-state index contributed by atoms with van der Waals surface area (Å²) in [5, 5.41) is 2.71. The zero-order valence-corrected chi connectivity index (χ0v) is 9.49. The topological polar surface area (TPSA) is 73.9 Å². The van der Waals surface area contributed by atoms with Gasteiger partial charge in [0.2, 0.25) is 5.91 Å². The summed E-state index contributed by atoms with van der Waals surface area (Å²) in [4.78, 5) is 24.0. The Morgan fingerprint density at radius 3 is 2.24 bits per heavy atom. The summed E-state index contributed by atoms with van der Waals surface area (Å²) in [5.41, 5.74) is -1.43. The minimum Gasteiger partial charge on any atom is -0.379 e. The van der Waals surface area contributed by atoms with E-state index >= 15 is 0 Å². The molecule has 0 radical (unpaired) electrons. The van der Waals surface area contributed by atoms with Gasteiger partial charge in [0.25, 0.3) is 0 Å². The molecule has 3 aliphatic heterocycles. The molecule has 0 aromatic carbocycles. The van der Waals surface area contributed by atoms with E-state index in [4.69, 9.17) is 14.2 Å². The maximum Gasteiger partial charge on any atom is 0.221 e. The molecule has 0 aliphatic carbocycles. The van der Waals surface area contributed by atoms with Gasteiger partial charge in [-0.05, 0) is 0 Å². The van der Waals surface area contributed by atoms with Crippen molar-refractivity contribution in [2.75, 3.05) is 39.8 Å². The van der Waals surface area contributed by atoms with E-state index in [1.165, 1.54) is 0 Å². The number of ether oxygens (including phenoxy) is 3. The van der Waals surface area contributed by atoms with Crippen LogP contribution >= 0.6 is 0 Å². The standard InChI is InChI=1S/C11H15NO5/c13-8-1-10(2-12-8)3-15-4-11(9(10)14)5-16-7-17-6-11/h1-7H2,(H,12,13). The molecule has 3 rings (SSSR count). The van der Waals surface area contributed by atoms with Crippen LogP contribution in [0.25, 0.3) is 0 Å². The van der Waals surface area contributed by atoms with E-state index in [1.807, 2.05) is 0 Å². The second-order valence-corrected chi connectivity index (χ2v) is 5.15. The number of hydrogen-bond donors (Lipinski definition) is 1. The third kappa shape index (κ3) is 1.59. The first-order valence-electron chi connectivity index (χ1n) is 5.72. The quantitative estimate of drug-likeness (QED) is 0.594. The van der Waals surface area contributed by atoms with Crippen LogP contribution in [0, 0.1) is 10.8 Å². The SMILES string of the molecule is O=C1CC2(CN1)COCC1(COCOC1)C2=O. The monoisotopic (exact) mass is 241 g/mol. The van der Waals surface area contributed by atoms with E-state index < -0.39 is 10.8 Å². The fraction of sp³-hybridized carbons (Fsp3) is 0.818. The van der Waals surface area contributed by atoms with Gasteiger partial charge in [-0.25, -0.2) is 0 Å². The van der Waals surface area contributed by atoms with Crippen molar-refractivity contribution in [1.82, 2.24) is 5.32 Å². The van der Waals surface area contributed by atoms with E-state index in [0.717, 1.165) is 0 Å².